The molecule has 0 amide bonds. The molecule has 0 aliphatic rings. The maximum Gasteiger partial charge on any atom is 0.123 e. The zero-order valence-electron chi connectivity index (χ0n) is 18.5. The van der Waals surface area contributed by atoms with Gasteiger partial charge >= 0.3 is 0 Å². The van der Waals surface area contributed by atoms with Gasteiger partial charge in [-0.2, -0.15) is 0 Å². The summed E-state index contributed by atoms with van der Waals surface area (Å²) in [7, 11) is 0.308. The van der Waals surface area contributed by atoms with Gasteiger partial charge in [0.1, 0.15) is 11.6 Å². The van der Waals surface area contributed by atoms with Gasteiger partial charge in [0, 0.05) is 22.7 Å². The van der Waals surface area contributed by atoms with Crippen LogP contribution in [0.25, 0.3) is 0 Å². The van der Waals surface area contributed by atoms with Crippen LogP contribution in [0.2, 0.25) is 0 Å². The number of hydrogen-bond acceptors (Lipinski definition) is 3. The number of unbranched alkanes of at least 4 members (excludes halogenated alkanes) is 2. The third-order valence-corrected chi connectivity index (χ3v) is 7.48. The monoisotopic (exact) mass is 434 g/mol. The predicted octanol–water partition coefficient (Wildman–Crippen LogP) is 5.89. The fraction of sp³-hybridized carbons (Fsp3) is 0.520. The number of rotatable bonds is 13. The predicted molar refractivity (Wildman–Crippen MR) is 122 cm³/mol. The Kier molecular flexibility index (Phi) is 9.99. The van der Waals surface area contributed by atoms with Crippen molar-refractivity contribution >= 4 is 10.8 Å². The molecule has 0 saturated carbocycles. The highest BCUT2D eigenvalue weighted by Gasteiger charge is 2.31. The van der Waals surface area contributed by atoms with Crippen molar-refractivity contribution < 1.29 is 18.4 Å². The highest BCUT2D eigenvalue weighted by atomic mass is 32.2. The fourth-order valence-corrected chi connectivity index (χ4v) is 5.54. The van der Waals surface area contributed by atoms with E-state index in [1.807, 2.05) is 24.3 Å². The molecule has 30 heavy (non-hydrogen) atoms. The molecule has 1 atom stereocenters. The van der Waals surface area contributed by atoms with E-state index in [1.165, 1.54) is 12.1 Å². The van der Waals surface area contributed by atoms with Gasteiger partial charge in [-0.1, -0.05) is 51.7 Å². The highest BCUT2D eigenvalue weighted by Crippen LogP contribution is 2.34. The van der Waals surface area contributed by atoms with E-state index in [0.29, 0.717) is 17.1 Å². The molecule has 2 aromatic carbocycles. The average Bonchev–Trinajstić information content (AvgIpc) is 2.76. The third-order valence-electron chi connectivity index (χ3n) is 5.72. The number of benzene rings is 2. The first-order valence-electron chi connectivity index (χ1n) is 10.9. The highest BCUT2D eigenvalue weighted by molar-refractivity contribution is 7.85. The number of aliphatic hydroxyl groups is 1. The molecule has 0 unspecified atom stereocenters. The SMILES string of the molecule is CCCCC(CO)(CCCC)C[S@@](=O)c1ccc(F)cc1Cc1ccc(OC)cc1. The van der Waals surface area contributed by atoms with Crippen LogP contribution in [0.4, 0.5) is 4.39 Å². The van der Waals surface area contributed by atoms with Crippen molar-refractivity contribution in [1.29, 1.82) is 0 Å². The summed E-state index contributed by atoms with van der Waals surface area (Å²) in [6.45, 7) is 4.30. The second-order valence-electron chi connectivity index (χ2n) is 8.13. The van der Waals surface area contributed by atoms with Crippen molar-refractivity contribution in [3.8, 4) is 5.75 Å². The normalized spacial score (nSPS) is 12.7. The van der Waals surface area contributed by atoms with E-state index in [4.69, 9.17) is 4.74 Å². The Hall–Kier alpha value is -1.72. The summed E-state index contributed by atoms with van der Waals surface area (Å²) < 4.78 is 32.6. The number of aliphatic hydroxyl groups excluding tert-OH is 1. The van der Waals surface area contributed by atoms with Gasteiger partial charge in [0.25, 0.3) is 0 Å². The molecule has 2 rings (SSSR count). The molecule has 0 fully saturated rings. The van der Waals surface area contributed by atoms with Gasteiger partial charge < -0.3 is 9.84 Å². The quantitative estimate of drug-likeness (QED) is 0.427. The first-order chi connectivity index (χ1) is 14.5. The average molecular weight is 435 g/mol. The summed E-state index contributed by atoms with van der Waals surface area (Å²) in [5.41, 5.74) is 1.39. The lowest BCUT2D eigenvalue weighted by atomic mass is 9.81. The molecule has 0 saturated heterocycles. The van der Waals surface area contributed by atoms with Gasteiger partial charge in [-0.25, -0.2) is 4.39 Å². The Bertz CT molecular complexity index is 797. The Morgan fingerprint density at radius 3 is 2.20 bits per heavy atom. The van der Waals surface area contributed by atoms with Gasteiger partial charge in [-0.05, 0) is 60.7 Å². The smallest absolute Gasteiger partial charge is 0.123 e. The second-order valence-corrected chi connectivity index (χ2v) is 9.55. The van der Waals surface area contributed by atoms with E-state index in [1.54, 1.807) is 13.2 Å². The lowest BCUT2D eigenvalue weighted by Gasteiger charge is -2.32. The number of methoxy groups -OCH3 is 1. The van der Waals surface area contributed by atoms with Crippen molar-refractivity contribution in [3.63, 3.8) is 0 Å². The van der Waals surface area contributed by atoms with Crippen LogP contribution in [-0.4, -0.2) is 28.8 Å². The first-order valence-corrected chi connectivity index (χ1v) is 12.2. The van der Waals surface area contributed by atoms with E-state index in [9.17, 15) is 13.7 Å². The van der Waals surface area contributed by atoms with Crippen LogP contribution < -0.4 is 4.74 Å². The van der Waals surface area contributed by atoms with Gasteiger partial charge in [0.05, 0.1) is 17.9 Å². The summed E-state index contributed by atoms with van der Waals surface area (Å²) in [5.74, 6) is 0.844. The molecule has 166 valence electrons. The standard InChI is InChI=1S/C25H35FO3S/c1-4-6-14-25(18-27,15-7-5-2)19-30(28)24-13-10-22(26)17-21(24)16-20-8-11-23(29-3)12-9-20/h8-13,17,27H,4-7,14-16,18-19H2,1-3H3/t30-/m1/s1. The number of hydrogen-bond donors (Lipinski definition) is 1. The van der Waals surface area contributed by atoms with Gasteiger partial charge in [0.2, 0.25) is 0 Å². The van der Waals surface area contributed by atoms with Crippen LogP contribution in [0.3, 0.4) is 0 Å². The molecule has 0 radical (unpaired) electrons. The molecule has 0 heterocycles. The summed E-state index contributed by atoms with van der Waals surface area (Å²) in [5, 5.41) is 10.2. The molecule has 3 nitrogen and oxygen atoms in total. The zero-order chi connectivity index (χ0) is 22.0. The molecule has 0 spiro atoms. The maximum absolute atomic E-state index is 14.0. The van der Waals surface area contributed by atoms with Crippen molar-refractivity contribution in [2.45, 2.75) is 63.7 Å². The molecule has 0 aromatic heterocycles. The number of halogens is 1. The minimum Gasteiger partial charge on any atom is -0.497 e. The van der Waals surface area contributed by atoms with Gasteiger partial charge in [-0.15, -0.1) is 0 Å². The molecule has 0 aliphatic heterocycles. The Balaban J connectivity index is 2.28. The van der Waals surface area contributed by atoms with Crippen LogP contribution in [0, 0.1) is 11.2 Å². The lowest BCUT2D eigenvalue weighted by Crippen LogP contribution is -2.32. The van der Waals surface area contributed by atoms with Crippen molar-refractivity contribution in [1.82, 2.24) is 0 Å². The molecule has 2 aromatic rings. The minimum atomic E-state index is -1.31. The number of ether oxygens (including phenoxy) is 1. The summed E-state index contributed by atoms with van der Waals surface area (Å²) >= 11 is 0. The molecule has 0 bridgehead atoms. The largest absolute Gasteiger partial charge is 0.497 e. The zero-order valence-corrected chi connectivity index (χ0v) is 19.3. The van der Waals surface area contributed by atoms with Gasteiger partial charge in [0.15, 0.2) is 0 Å². The maximum atomic E-state index is 14.0. The molecule has 5 heteroatoms. The summed E-state index contributed by atoms with van der Waals surface area (Å²) in [6, 6.07) is 12.1. The summed E-state index contributed by atoms with van der Waals surface area (Å²) in [6.07, 6.45) is 6.31. The van der Waals surface area contributed by atoms with Crippen LogP contribution in [0.1, 0.15) is 63.5 Å². The van der Waals surface area contributed by atoms with E-state index in [2.05, 4.69) is 13.8 Å². The Morgan fingerprint density at radius 2 is 1.67 bits per heavy atom. The topological polar surface area (TPSA) is 46.5 Å². The summed E-state index contributed by atoms with van der Waals surface area (Å²) in [4.78, 5) is 0.665. The Labute approximate surface area is 183 Å². The lowest BCUT2D eigenvalue weighted by molar-refractivity contribution is 0.121. The molecular formula is C25H35FO3S. The molecular weight excluding hydrogens is 399 g/mol. The van der Waals surface area contributed by atoms with E-state index >= 15 is 0 Å². The van der Waals surface area contributed by atoms with Crippen molar-refractivity contribution in [2.75, 3.05) is 19.5 Å². The van der Waals surface area contributed by atoms with E-state index < -0.39 is 10.8 Å². The molecule has 0 aliphatic carbocycles. The van der Waals surface area contributed by atoms with Crippen molar-refractivity contribution in [3.05, 3.63) is 59.4 Å². The van der Waals surface area contributed by atoms with Crippen LogP contribution >= 0.6 is 0 Å². The van der Waals surface area contributed by atoms with Crippen LogP contribution in [0.5, 0.6) is 5.75 Å². The first kappa shape index (κ1) is 24.5. The van der Waals surface area contributed by atoms with E-state index in [-0.39, 0.29) is 17.8 Å². The third kappa shape index (κ3) is 6.92. The van der Waals surface area contributed by atoms with Crippen molar-refractivity contribution in [2.24, 2.45) is 5.41 Å². The van der Waals surface area contributed by atoms with Crippen LogP contribution in [0.15, 0.2) is 47.4 Å². The Morgan fingerprint density at radius 1 is 1.03 bits per heavy atom. The van der Waals surface area contributed by atoms with Crippen LogP contribution in [-0.2, 0) is 17.2 Å². The van der Waals surface area contributed by atoms with Gasteiger partial charge in [-0.3, -0.25) is 4.21 Å². The second kappa shape index (κ2) is 12.2. The van der Waals surface area contributed by atoms with E-state index in [0.717, 1.165) is 55.4 Å². The molecule has 1 N–H and O–H groups in total. The minimum absolute atomic E-state index is 0.0355. The fourth-order valence-electron chi connectivity index (χ4n) is 3.80.